The summed E-state index contributed by atoms with van der Waals surface area (Å²) in [5.41, 5.74) is 2.23. The Bertz CT molecular complexity index is 1960. The van der Waals surface area contributed by atoms with Gasteiger partial charge < -0.3 is 53.0 Å². The number of aromatic nitrogens is 1. The largest absolute Gasteiger partial charge is 0.489 e. The van der Waals surface area contributed by atoms with Crippen molar-refractivity contribution in [3.05, 3.63) is 53.1 Å². The van der Waals surface area contributed by atoms with Crippen molar-refractivity contribution in [2.75, 3.05) is 26.4 Å². The zero-order valence-corrected chi connectivity index (χ0v) is 46.1. The Kier molecular flexibility index (Phi) is 24.5. The van der Waals surface area contributed by atoms with Crippen LogP contribution in [-0.2, 0) is 34.6 Å². The Labute approximate surface area is 423 Å². The zero-order valence-electron chi connectivity index (χ0n) is 43.5. The molecule has 0 radical (unpaired) electrons. The summed E-state index contributed by atoms with van der Waals surface area (Å²) >= 11 is 7.93. The monoisotopic (exact) mass is 1020 g/mol. The summed E-state index contributed by atoms with van der Waals surface area (Å²) < 4.78 is 35.5. The van der Waals surface area contributed by atoms with Gasteiger partial charge in [0.25, 0.3) is 5.19 Å². The van der Waals surface area contributed by atoms with E-state index in [0.29, 0.717) is 72.7 Å². The van der Waals surface area contributed by atoms with Gasteiger partial charge in [-0.1, -0.05) is 94.8 Å². The van der Waals surface area contributed by atoms with Crippen molar-refractivity contribution >= 4 is 53.0 Å². The van der Waals surface area contributed by atoms with Crippen LogP contribution in [0.2, 0.25) is 23.2 Å². The molecule has 1 aromatic heterocycles. The van der Waals surface area contributed by atoms with Crippen LogP contribution in [0.1, 0.15) is 139 Å². The van der Waals surface area contributed by atoms with Crippen molar-refractivity contribution in [1.29, 1.82) is 0 Å². The van der Waals surface area contributed by atoms with E-state index in [2.05, 4.69) is 76.1 Å². The van der Waals surface area contributed by atoms with E-state index >= 15 is 0 Å². The number of rotatable bonds is 22. The summed E-state index contributed by atoms with van der Waals surface area (Å²) in [5.74, 6) is 2.25. The molecule has 0 spiro atoms. The number of benzene rings is 2. The highest BCUT2D eigenvalue weighted by Gasteiger charge is 2.42. The van der Waals surface area contributed by atoms with Gasteiger partial charge in [-0.2, -0.15) is 0 Å². The first-order chi connectivity index (χ1) is 32.5. The zero-order chi connectivity index (χ0) is 50.9. The normalized spacial score (nSPS) is 25.2. The predicted octanol–water partition coefficient (Wildman–Crippen LogP) is 11.4. The van der Waals surface area contributed by atoms with E-state index in [0.717, 1.165) is 74.6 Å². The van der Waals surface area contributed by atoms with Crippen molar-refractivity contribution in [2.45, 2.75) is 206 Å². The Morgan fingerprint density at radius 3 is 1.67 bits per heavy atom. The lowest BCUT2D eigenvalue weighted by atomic mass is 9.91. The van der Waals surface area contributed by atoms with E-state index in [-0.39, 0.29) is 59.1 Å². The summed E-state index contributed by atoms with van der Waals surface area (Å²) in [6, 6.07) is 14.4. The van der Waals surface area contributed by atoms with Gasteiger partial charge in [0.15, 0.2) is 8.32 Å². The van der Waals surface area contributed by atoms with E-state index in [1.165, 1.54) is 23.3 Å². The molecule has 12 nitrogen and oxygen atoms in total. The molecule has 0 amide bonds. The van der Waals surface area contributed by atoms with Crippen LogP contribution in [0.25, 0.3) is 10.2 Å². The smallest absolute Gasteiger partial charge is 0.274 e. The molecule has 3 atom stereocenters. The molecule has 69 heavy (non-hydrogen) atoms. The molecule has 7 rings (SSSR count). The van der Waals surface area contributed by atoms with Gasteiger partial charge >= 0.3 is 0 Å². The van der Waals surface area contributed by atoms with Crippen molar-refractivity contribution in [2.24, 2.45) is 17.8 Å². The first-order valence-electron chi connectivity index (χ1n) is 25.5. The molecule has 1 heterocycles. The molecule has 3 N–H and O–H groups in total. The van der Waals surface area contributed by atoms with Gasteiger partial charge in [-0.05, 0) is 126 Å². The number of thiazole rings is 1. The molecular formula is C54H86ClNO11SSi. The lowest BCUT2D eigenvalue weighted by Gasteiger charge is -2.43. The molecule has 4 aliphatic rings. The molecule has 4 aliphatic carbocycles. The average molecular weight is 1020 g/mol. The second-order valence-corrected chi connectivity index (χ2v) is 27.8. The third-order valence-electron chi connectivity index (χ3n) is 13.4. The first-order valence-corrected chi connectivity index (χ1v) is 29.6. The molecule has 2 aromatic carbocycles. The lowest BCUT2D eigenvalue weighted by Crippen LogP contribution is -2.48. The number of aliphatic hydroxyl groups excluding tert-OH is 3. The minimum Gasteiger partial charge on any atom is -0.489 e. The number of carbonyl (C=O) groups is 2. The summed E-state index contributed by atoms with van der Waals surface area (Å²) in [7, 11) is -1.58. The predicted molar refractivity (Wildman–Crippen MR) is 279 cm³/mol. The minimum absolute atomic E-state index is 0.102. The van der Waals surface area contributed by atoms with Crippen molar-refractivity contribution in [3.63, 3.8) is 0 Å². The van der Waals surface area contributed by atoms with Gasteiger partial charge in [-0.25, -0.2) is 4.98 Å². The Hall–Kier alpha value is -2.50. The van der Waals surface area contributed by atoms with Crippen LogP contribution < -0.4 is 9.47 Å². The maximum Gasteiger partial charge on any atom is 0.274 e. The highest BCUT2D eigenvalue weighted by atomic mass is 35.5. The highest BCUT2D eigenvalue weighted by Crippen LogP contribution is 2.42. The van der Waals surface area contributed by atoms with E-state index in [9.17, 15) is 9.59 Å². The topological polar surface area (TPSA) is 163 Å². The van der Waals surface area contributed by atoms with Gasteiger partial charge in [-0.3, -0.25) is 0 Å². The SMILES string of the molecule is CC(=O)C[C@@H](C)COC1CC(O)C1.CC(C)(C)[Si](C)(C)OC1CC(O)C1.CCOc1nc2ccc(OC3CC(OC[C@H](C)CC(C)=O)C3)c(Cl)c2s1.C[C@H](CCc1ccccc1)COC1CC(O)C1. The summed E-state index contributed by atoms with van der Waals surface area (Å²) in [5, 5.41) is 28.8. The average Bonchev–Trinajstić information content (AvgIpc) is 3.64. The molecule has 0 bridgehead atoms. The van der Waals surface area contributed by atoms with E-state index in [1.54, 1.807) is 13.8 Å². The van der Waals surface area contributed by atoms with Crippen LogP contribution in [0.15, 0.2) is 42.5 Å². The molecule has 4 saturated carbocycles. The molecule has 0 aliphatic heterocycles. The number of halogens is 1. The fourth-order valence-electron chi connectivity index (χ4n) is 7.84. The van der Waals surface area contributed by atoms with Crippen LogP contribution >= 0.6 is 22.9 Å². The third-order valence-corrected chi connectivity index (χ3v) is 19.4. The quantitative estimate of drug-likeness (QED) is 0.0818. The highest BCUT2D eigenvalue weighted by molar-refractivity contribution is 7.20. The molecule has 4 fully saturated rings. The summed E-state index contributed by atoms with van der Waals surface area (Å²) in [6.07, 6.45) is 10.8. The molecule has 0 unspecified atom stereocenters. The number of nitrogens with zero attached hydrogens (tertiary/aromatic N) is 1. The van der Waals surface area contributed by atoms with E-state index < -0.39 is 8.32 Å². The number of hydrogen-bond donors (Lipinski definition) is 3. The Balaban J connectivity index is 0.000000210. The van der Waals surface area contributed by atoms with Gasteiger partial charge in [0.2, 0.25) is 0 Å². The number of Topliss-reactive ketones (excluding diaryl/α,β-unsaturated/α-hetero) is 2. The van der Waals surface area contributed by atoms with Crippen molar-refractivity contribution < 1.29 is 53.0 Å². The van der Waals surface area contributed by atoms with Gasteiger partial charge in [-0.15, -0.1) is 0 Å². The number of aliphatic hydroxyl groups is 3. The Morgan fingerprint density at radius 1 is 0.725 bits per heavy atom. The maximum atomic E-state index is 11.1. The maximum absolute atomic E-state index is 11.1. The number of ether oxygens (including phenoxy) is 5. The second kappa shape index (κ2) is 28.7. The number of carbonyl (C=O) groups excluding carboxylic acids is 2. The minimum atomic E-state index is -1.58. The molecule has 15 heteroatoms. The molecule has 3 aromatic rings. The molecule has 0 saturated heterocycles. The van der Waals surface area contributed by atoms with Crippen LogP contribution in [0.4, 0.5) is 0 Å². The van der Waals surface area contributed by atoms with Gasteiger partial charge in [0.05, 0.1) is 53.4 Å². The number of fused-ring (bicyclic) bond motifs is 1. The first kappa shape index (κ1) is 59.1. The summed E-state index contributed by atoms with van der Waals surface area (Å²) in [6.45, 7) is 25.3. The van der Waals surface area contributed by atoms with Gasteiger partial charge in [0, 0.05) is 51.6 Å². The molecular weight excluding hydrogens is 934 g/mol. The molecule has 390 valence electrons. The van der Waals surface area contributed by atoms with Crippen LogP contribution in [-0.4, -0.2) is 115 Å². The number of aryl methyl sites for hydroxylation is 1. The second-order valence-electron chi connectivity index (χ2n) is 21.7. The Morgan fingerprint density at radius 2 is 1.20 bits per heavy atom. The van der Waals surface area contributed by atoms with Crippen molar-refractivity contribution in [3.8, 4) is 10.9 Å². The third kappa shape index (κ3) is 21.2. The van der Waals surface area contributed by atoms with Crippen LogP contribution in [0.5, 0.6) is 10.9 Å². The standard InChI is InChI=1S/C19H24ClNO4S.C15H22O2.C10H18O3.C10H22O2Si/c1-4-23-19-21-15-5-6-16(17(20)18(15)26-19)25-14-8-13(9-14)24-10-11(2)7-12(3)22;1-12(11-17-15-9-14(16)10-15)7-8-13-5-3-2-4-6-13;1-7(3-8(2)11)6-13-10-4-9(12)5-10;1-10(2,3)13(4,5)12-9-6-8(11)7-9/h5-6,11,13-14H,4,7-10H2,1-3H3;2-6,12,14-16H,7-11H2,1H3;7,9-10,12H,3-6H2,1-2H3;8-9,11H,6-7H2,1-5H3/t11-,13?,14?;12-,14?,15?;7-,9?,10?;/m111./s1. The van der Waals surface area contributed by atoms with E-state index in [4.69, 9.17) is 55.0 Å². The fourth-order valence-corrected chi connectivity index (χ4v) is 10.4. The summed E-state index contributed by atoms with van der Waals surface area (Å²) in [4.78, 5) is 26.2. The van der Waals surface area contributed by atoms with Gasteiger partial charge in [0.1, 0.15) is 28.4 Å². The number of ketones is 2. The number of hydrogen-bond acceptors (Lipinski definition) is 13. The van der Waals surface area contributed by atoms with E-state index in [1.807, 2.05) is 32.9 Å². The van der Waals surface area contributed by atoms with Crippen molar-refractivity contribution in [1.82, 2.24) is 4.98 Å². The van der Waals surface area contributed by atoms with Crippen LogP contribution in [0, 0.1) is 17.8 Å². The lowest BCUT2D eigenvalue weighted by molar-refractivity contribution is -0.120. The fraction of sp³-hybridized carbons (Fsp3) is 0.722. The van der Waals surface area contributed by atoms with Crippen LogP contribution in [0.3, 0.4) is 0 Å².